The van der Waals surface area contributed by atoms with Crippen molar-refractivity contribution in [1.29, 1.82) is 0 Å². The Morgan fingerprint density at radius 3 is 2.62 bits per heavy atom. The van der Waals surface area contributed by atoms with Crippen molar-refractivity contribution in [3.05, 3.63) is 46.5 Å². The second-order valence-electron chi connectivity index (χ2n) is 5.35. The van der Waals surface area contributed by atoms with Gasteiger partial charge in [-0.15, -0.1) is 6.58 Å². The molecule has 0 saturated heterocycles. The summed E-state index contributed by atoms with van der Waals surface area (Å²) in [6, 6.07) is 5.26. The van der Waals surface area contributed by atoms with Gasteiger partial charge < -0.3 is 15.3 Å². The fraction of sp³-hybridized carbons (Fsp3) is 0.412. The van der Waals surface area contributed by atoms with E-state index in [2.05, 4.69) is 22.5 Å². The Morgan fingerprint density at radius 1 is 1.38 bits per heavy atom. The predicted molar refractivity (Wildman–Crippen MR) is 90.1 cm³/mol. The van der Waals surface area contributed by atoms with Gasteiger partial charge >= 0.3 is 0 Å². The Bertz CT molecular complexity index is 509. The summed E-state index contributed by atoms with van der Waals surface area (Å²) in [5, 5.41) is 29.4. The van der Waals surface area contributed by atoms with Crippen LogP contribution >= 0.6 is 15.9 Å². The number of aliphatic hydroxyl groups is 2. The van der Waals surface area contributed by atoms with E-state index in [4.69, 9.17) is 0 Å². The van der Waals surface area contributed by atoms with Crippen molar-refractivity contribution in [2.75, 3.05) is 0 Å². The Morgan fingerprint density at radius 2 is 2.05 bits per heavy atom. The van der Waals surface area contributed by atoms with E-state index >= 15 is 0 Å². The van der Waals surface area contributed by atoms with E-state index in [1.807, 2.05) is 19.1 Å². The first-order chi connectivity index (χ1) is 9.85. The highest BCUT2D eigenvalue weighted by Crippen LogP contribution is 2.25. The van der Waals surface area contributed by atoms with Gasteiger partial charge in [-0.25, -0.2) is 0 Å². The van der Waals surface area contributed by atoms with Gasteiger partial charge in [0.2, 0.25) is 0 Å². The van der Waals surface area contributed by atoms with Crippen LogP contribution in [0, 0.1) is 5.92 Å². The number of aliphatic hydroxyl groups excluding tert-OH is 2. The number of halogens is 1. The highest BCUT2D eigenvalue weighted by atomic mass is 79.9. The van der Waals surface area contributed by atoms with Gasteiger partial charge in [-0.05, 0) is 44.9 Å². The smallest absolute Gasteiger partial charge is 0.122 e. The fourth-order valence-electron chi connectivity index (χ4n) is 2.22. The van der Waals surface area contributed by atoms with Crippen LogP contribution in [0.1, 0.15) is 32.3 Å². The molecule has 0 spiro atoms. The molecule has 3 nitrogen and oxygen atoms in total. The van der Waals surface area contributed by atoms with Crippen LogP contribution in [-0.2, 0) is 0 Å². The van der Waals surface area contributed by atoms with Crippen molar-refractivity contribution >= 4 is 22.0 Å². The number of allylic oxidation sites excluding steroid dienone is 1. The molecule has 1 rings (SSSR count). The lowest BCUT2D eigenvalue weighted by Crippen LogP contribution is -2.28. The Kier molecular flexibility index (Phi) is 7.15. The van der Waals surface area contributed by atoms with Crippen LogP contribution < -0.4 is 0 Å². The summed E-state index contributed by atoms with van der Waals surface area (Å²) in [7, 11) is 0. The number of phenolic OH excluding ortho intramolecular Hbond substituents is 1. The van der Waals surface area contributed by atoms with Gasteiger partial charge in [0.05, 0.1) is 12.2 Å². The predicted octanol–water partition coefficient (Wildman–Crippen LogP) is 3.88. The third-order valence-corrected chi connectivity index (χ3v) is 3.99. The van der Waals surface area contributed by atoms with Crippen LogP contribution in [0.3, 0.4) is 0 Å². The molecule has 0 aromatic heterocycles. The number of hydrogen-bond acceptors (Lipinski definition) is 3. The molecule has 0 saturated carbocycles. The number of phenols is 1. The molecule has 3 N–H and O–H groups in total. The minimum absolute atomic E-state index is 0.228. The van der Waals surface area contributed by atoms with Crippen LogP contribution in [0.15, 0.2) is 40.9 Å². The third-order valence-electron chi connectivity index (χ3n) is 3.50. The van der Waals surface area contributed by atoms with Crippen LogP contribution in [0.5, 0.6) is 5.75 Å². The zero-order valence-electron chi connectivity index (χ0n) is 12.5. The molecule has 0 heterocycles. The lowest BCUT2D eigenvalue weighted by atomic mass is 9.92. The number of aromatic hydroxyl groups is 1. The monoisotopic (exact) mass is 354 g/mol. The second-order valence-corrected chi connectivity index (χ2v) is 6.27. The average Bonchev–Trinajstić information content (AvgIpc) is 2.41. The first kappa shape index (κ1) is 18.0. The third kappa shape index (κ3) is 5.65. The van der Waals surface area contributed by atoms with Crippen molar-refractivity contribution in [2.45, 2.75) is 38.9 Å². The molecule has 0 amide bonds. The Balaban J connectivity index is 2.68. The molecule has 21 heavy (non-hydrogen) atoms. The maximum Gasteiger partial charge on any atom is 0.122 e. The molecule has 0 aliphatic heterocycles. The molecular weight excluding hydrogens is 332 g/mol. The first-order valence-electron chi connectivity index (χ1n) is 6.99. The van der Waals surface area contributed by atoms with Gasteiger partial charge in [-0.3, -0.25) is 0 Å². The summed E-state index contributed by atoms with van der Waals surface area (Å²) in [5.74, 6) is -0.0943. The van der Waals surface area contributed by atoms with Gasteiger partial charge in [0, 0.05) is 16.0 Å². The lowest BCUT2D eigenvalue weighted by molar-refractivity contribution is 0.0422. The van der Waals surface area contributed by atoms with Crippen molar-refractivity contribution in [3.63, 3.8) is 0 Å². The minimum atomic E-state index is -0.623. The maximum atomic E-state index is 10.1. The summed E-state index contributed by atoms with van der Waals surface area (Å²) in [4.78, 5) is 0. The Hall–Kier alpha value is -1.10. The summed E-state index contributed by atoms with van der Waals surface area (Å²) >= 11 is 3.37. The van der Waals surface area contributed by atoms with E-state index < -0.39 is 12.2 Å². The molecule has 4 heteroatoms. The quantitative estimate of drug-likeness (QED) is 0.651. The van der Waals surface area contributed by atoms with Gasteiger partial charge in [-0.2, -0.15) is 0 Å². The molecule has 1 aromatic carbocycles. The Labute approximate surface area is 134 Å². The van der Waals surface area contributed by atoms with Gasteiger partial charge in [-0.1, -0.05) is 33.7 Å². The molecule has 0 aliphatic carbocycles. The minimum Gasteiger partial charge on any atom is -0.507 e. The molecule has 0 unspecified atom stereocenters. The van der Waals surface area contributed by atoms with Crippen LogP contribution in [0.4, 0.5) is 0 Å². The number of rotatable bonds is 7. The van der Waals surface area contributed by atoms with Crippen LogP contribution in [0.2, 0.25) is 0 Å². The summed E-state index contributed by atoms with van der Waals surface area (Å²) in [6.07, 6.45) is 3.48. The number of hydrogen-bond donors (Lipinski definition) is 3. The van der Waals surface area contributed by atoms with Gasteiger partial charge in [0.1, 0.15) is 5.75 Å². The first-order valence-corrected chi connectivity index (χ1v) is 7.78. The van der Waals surface area contributed by atoms with Crippen molar-refractivity contribution in [2.24, 2.45) is 5.92 Å². The van der Waals surface area contributed by atoms with Crippen LogP contribution in [-0.4, -0.2) is 27.5 Å². The maximum absolute atomic E-state index is 10.1. The lowest BCUT2D eigenvalue weighted by Gasteiger charge is -2.22. The van der Waals surface area contributed by atoms with E-state index in [0.29, 0.717) is 12.8 Å². The van der Waals surface area contributed by atoms with Crippen LogP contribution in [0.25, 0.3) is 6.08 Å². The molecule has 0 radical (unpaired) electrons. The molecule has 1 aromatic rings. The standard InChI is InChI=1S/C17H23BrO3/c1-4-15(12(3)19)17(21)7-5-11(2)9-13-10-14(18)6-8-16(13)20/h4,6,8-10,12,15,17,19-21H,1,5,7H2,2-3H3/b11-9+/t12-,15+,17-/m1/s1. The molecular formula is C17H23BrO3. The number of benzene rings is 1. The molecule has 0 bridgehead atoms. The summed E-state index contributed by atoms with van der Waals surface area (Å²) < 4.78 is 0.903. The largest absolute Gasteiger partial charge is 0.507 e. The van der Waals surface area contributed by atoms with E-state index in [1.165, 1.54) is 0 Å². The van der Waals surface area contributed by atoms with E-state index in [-0.39, 0.29) is 11.7 Å². The highest BCUT2D eigenvalue weighted by Gasteiger charge is 2.20. The van der Waals surface area contributed by atoms with Crippen molar-refractivity contribution in [3.8, 4) is 5.75 Å². The topological polar surface area (TPSA) is 60.7 Å². The zero-order chi connectivity index (χ0) is 16.0. The molecule has 3 atom stereocenters. The molecule has 0 fully saturated rings. The fourth-order valence-corrected chi connectivity index (χ4v) is 2.60. The van der Waals surface area contributed by atoms with Crippen molar-refractivity contribution < 1.29 is 15.3 Å². The van der Waals surface area contributed by atoms with Gasteiger partial charge in [0.15, 0.2) is 0 Å². The normalized spacial score (nSPS) is 16.3. The SMILES string of the molecule is C=C[C@H]([C@H](O)CC/C(C)=C/c1cc(Br)ccc1O)[C@@H](C)O. The highest BCUT2D eigenvalue weighted by molar-refractivity contribution is 9.10. The summed E-state index contributed by atoms with van der Waals surface area (Å²) in [6.45, 7) is 7.25. The molecule has 116 valence electrons. The second kappa shape index (κ2) is 8.37. The van der Waals surface area contributed by atoms with Gasteiger partial charge in [0.25, 0.3) is 0 Å². The van der Waals surface area contributed by atoms with E-state index in [9.17, 15) is 15.3 Å². The van der Waals surface area contributed by atoms with Crippen molar-refractivity contribution in [1.82, 2.24) is 0 Å². The zero-order valence-corrected chi connectivity index (χ0v) is 14.0. The van der Waals surface area contributed by atoms with E-state index in [0.717, 1.165) is 15.6 Å². The molecule has 0 aliphatic rings. The average molecular weight is 355 g/mol. The van der Waals surface area contributed by atoms with E-state index in [1.54, 1.807) is 25.1 Å². The summed E-state index contributed by atoms with van der Waals surface area (Å²) in [5.41, 5.74) is 1.79.